The van der Waals surface area contributed by atoms with Crippen LogP contribution >= 0.6 is 45.8 Å². The van der Waals surface area contributed by atoms with Gasteiger partial charge < -0.3 is 9.73 Å². The fraction of sp³-hybridized carbons (Fsp3) is 0. The molecular weight excluding hydrogens is 498 g/mol. The van der Waals surface area contributed by atoms with Crippen LogP contribution in [0.15, 0.2) is 65.1 Å². The van der Waals surface area contributed by atoms with E-state index in [1.807, 2.05) is 18.2 Å². The SMILES string of the molecule is O=C(Nc1ccc2oc(-c3cc(I)ccc3Cl)nc2c1)c1ccc(Cl)cc1. The summed E-state index contributed by atoms with van der Waals surface area (Å²) in [6, 6.07) is 17.6. The maximum atomic E-state index is 12.4. The van der Waals surface area contributed by atoms with Gasteiger partial charge in [0.1, 0.15) is 5.52 Å². The van der Waals surface area contributed by atoms with E-state index in [-0.39, 0.29) is 5.91 Å². The van der Waals surface area contributed by atoms with Crippen molar-refractivity contribution in [2.75, 3.05) is 5.32 Å². The molecule has 4 aromatic rings. The lowest BCUT2D eigenvalue weighted by Gasteiger charge is -2.05. The quantitative estimate of drug-likeness (QED) is 0.315. The Bertz CT molecular complexity index is 1160. The van der Waals surface area contributed by atoms with Crippen LogP contribution in [0.2, 0.25) is 10.0 Å². The first-order valence-electron chi connectivity index (χ1n) is 7.92. The lowest BCUT2D eigenvalue weighted by molar-refractivity contribution is 0.102. The molecule has 27 heavy (non-hydrogen) atoms. The van der Waals surface area contributed by atoms with Crippen molar-refractivity contribution in [3.8, 4) is 11.5 Å². The maximum absolute atomic E-state index is 12.4. The van der Waals surface area contributed by atoms with Crippen molar-refractivity contribution in [1.82, 2.24) is 4.98 Å². The van der Waals surface area contributed by atoms with Gasteiger partial charge in [-0.1, -0.05) is 23.2 Å². The summed E-state index contributed by atoms with van der Waals surface area (Å²) in [4.78, 5) is 16.9. The average Bonchev–Trinajstić information content (AvgIpc) is 3.07. The standard InChI is InChI=1S/C20H11Cl2IN2O2/c21-12-3-1-11(2-4-12)19(26)24-14-6-8-18-17(10-14)25-20(27-18)15-9-13(23)5-7-16(15)22/h1-10H,(H,24,26). The van der Waals surface area contributed by atoms with Gasteiger partial charge in [0.15, 0.2) is 5.58 Å². The fourth-order valence-electron chi connectivity index (χ4n) is 2.59. The molecule has 0 unspecified atom stereocenters. The largest absolute Gasteiger partial charge is 0.436 e. The van der Waals surface area contributed by atoms with Crippen LogP contribution < -0.4 is 5.32 Å². The number of benzene rings is 3. The molecule has 0 atom stereocenters. The number of carbonyl (C=O) groups is 1. The third-order valence-electron chi connectivity index (χ3n) is 3.91. The molecule has 4 nitrogen and oxygen atoms in total. The van der Waals surface area contributed by atoms with Crippen molar-refractivity contribution in [1.29, 1.82) is 0 Å². The molecule has 7 heteroatoms. The zero-order chi connectivity index (χ0) is 19.0. The van der Waals surface area contributed by atoms with E-state index in [1.165, 1.54) is 0 Å². The summed E-state index contributed by atoms with van der Waals surface area (Å²) >= 11 is 14.3. The fourth-order valence-corrected chi connectivity index (χ4v) is 3.40. The third kappa shape index (κ3) is 3.95. The minimum atomic E-state index is -0.226. The molecule has 0 radical (unpaired) electrons. The molecule has 0 aliphatic carbocycles. The average molecular weight is 509 g/mol. The van der Waals surface area contributed by atoms with Gasteiger partial charge in [-0.05, 0) is 83.3 Å². The molecule has 0 bridgehead atoms. The summed E-state index contributed by atoms with van der Waals surface area (Å²) in [6.07, 6.45) is 0. The Labute approximate surface area is 178 Å². The molecular formula is C20H11Cl2IN2O2. The lowest BCUT2D eigenvalue weighted by Crippen LogP contribution is -2.11. The van der Waals surface area contributed by atoms with Gasteiger partial charge in [0.2, 0.25) is 5.89 Å². The molecule has 0 spiro atoms. The second-order valence-electron chi connectivity index (χ2n) is 5.79. The predicted octanol–water partition coefficient (Wildman–Crippen LogP) is 6.66. The molecule has 1 amide bonds. The summed E-state index contributed by atoms with van der Waals surface area (Å²) in [6.45, 7) is 0. The van der Waals surface area contributed by atoms with Gasteiger partial charge >= 0.3 is 0 Å². The van der Waals surface area contributed by atoms with Crippen LogP contribution in [0.3, 0.4) is 0 Å². The van der Waals surface area contributed by atoms with Gasteiger partial charge in [0, 0.05) is 19.8 Å². The van der Waals surface area contributed by atoms with Crippen LogP contribution in [0.4, 0.5) is 5.69 Å². The molecule has 0 fully saturated rings. The van der Waals surface area contributed by atoms with Gasteiger partial charge in [0.05, 0.1) is 10.6 Å². The van der Waals surface area contributed by atoms with Crippen molar-refractivity contribution >= 4 is 68.5 Å². The molecule has 134 valence electrons. The van der Waals surface area contributed by atoms with Crippen molar-refractivity contribution in [2.45, 2.75) is 0 Å². The molecule has 4 rings (SSSR count). The molecule has 0 saturated heterocycles. The second kappa shape index (κ2) is 7.50. The molecule has 3 aromatic carbocycles. The number of oxazole rings is 1. The smallest absolute Gasteiger partial charge is 0.255 e. The van der Waals surface area contributed by atoms with Gasteiger partial charge in [-0.25, -0.2) is 4.98 Å². The summed E-state index contributed by atoms with van der Waals surface area (Å²) in [5.74, 6) is 0.213. The minimum absolute atomic E-state index is 0.226. The Balaban J connectivity index is 1.64. The highest BCUT2D eigenvalue weighted by atomic mass is 127. The van der Waals surface area contributed by atoms with E-state index < -0.39 is 0 Å². The second-order valence-corrected chi connectivity index (χ2v) is 7.88. The van der Waals surface area contributed by atoms with Crippen molar-refractivity contribution < 1.29 is 9.21 Å². The van der Waals surface area contributed by atoms with Crippen LogP contribution in [-0.4, -0.2) is 10.9 Å². The van der Waals surface area contributed by atoms with Gasteiger partial charge in [0.25, 0.3) is 5.91 Å². The van der Waals surface area contributed by atoms with Crippen LogP contribution in [-0.2, 0) is 0 Å². The molecule has 0 aliphatic heterocycles. The Morgan fingerprint density at radius 1 is 1.00 bits per heavy atom. The number of anilines is 1. The Morgan fingerprint density at radius 3 is 2.56 bits per heavy atom. The lowest BCUT2D eigenvalue weighted by atomic mass is 10.2. The number of nitrogens with one attached hydrogen (secondary N) is 1. The van der Waals surface area contributed by atoms with Crippen molar-refractivity contribution in [3.05, 3.63) is 79.8 Å². The topological polar surface area (TPSA) is 55.1 Å². The number of amides is 1. The Kier molecular flexibility index (Phi) is 5.08. The van der Waals surface area contributed by atoms with Crippen LogP contribution in [0.5, 0.6) is 0 Å². The number of halogens is 3. The highest BCUT2D eigenvalue weighted by molar-refractivity contribution is 14.1. The van der Waals surface area contributed by atoms with Gasteiger partial charge in [-0.2, -0.15) is 0 Å². The first-order chi connectivity index (χ1) is 13.0. The first kappa shape index (κ1) is 18.3. The number of hydrogen-bond acceptors (Lipinski definition) is 3. The first-order valence-corrected chi connectivity index (χ1v) is 9.76. The minimum Gasteiger partial charge on any atom is -0.436 e. The summed E-state index contributed by atoms with van der Waals surface area (Å²) in [5.41, 5.74) is 3.12. The van der Waals surface area contributed by atoms with E-state index in [0.29, 0.717) is 38.3 Å². The predicted molar refractivity (Wildman–Crippen MR) is 117 cm³/mol. The number of rotatable bonds is 3. The highest BCUT2D eigenvalue weighted by Gasteiger charge is 2.13. The van der Waals surface area contributed by atoms with E-state index in [1.54, 1.807) is 42.5 Å². The monoisotopic (exact) mass is 508 g/mol. The normalized spacial score (nSPS) is 10.9. The summed E-state index contributed by atoms with van der Waals surface area (Å²) < 4.78 is 6.85. The molecule has 0 aliphatic rings. The number of aromatic nitrogens is 1. The van der Waals surface area contributed by atoms with E-state index in [9.17, 15) is 4.79 Å². The zero-order valence-electron chi connectivity index (χ0n) is 13.7. The van der Waals surface area contributed by atoms with Gasteiger partial charge in [-0.3, -0.25) is 4.79 Å². The van der Waals surface area contributed by atoms with Crippen LogP contribution in [0, 0.1) is 3.57 Å². The number of fused-ring (bicyclic) bond motifs is 1. The number of hydrogen-bond donors (Lipinski definition) is 1. The molecule has 1 aromatic heterocycles. The third-order valence-corrected chi connectivity index (χ3v) is 5.16. The Morgan fingerprint density at radius 2 is 1.78 bits per heavy atom. The van der Waals surface area contributed by atoms with Crippen LogP contribution in [0.25, 0.3) is 22.6 Å². The van der Waals surface area contributed by atoms with E-state index in [4.69, 9.17) is 27.6 Å². The van der Waals surface area contributed by atoms with E-state index >= 15 is 0 Å². The Hall–Kier alpha value is -2.09. The highest BCUT2D eigenvalue weighted by Crippen LogP contribution is 2.32. The zero-order valence-corrected chi connectivity index (χ0v) is 17.3. The van der Waals surface area contributed by atoms with Crippen molar-refractivity contribution in [3.63, 3.8) is 0 Å². The van der Waals surface area contributed by atoms with E-state index in [0.717, 1.165) is 9.13 Å². The molecule has 1 N–H and O–H groups in total. The summed E-state index contributed by atoms with van der Waals surface area (Å²) in [5, 5.41) is 4.00. The van der Waals surface area contributed by atoms with Gasteiger partial charge in [-0.15, -0.1) is 0 Å². The summed E-state index contributed by atoms with van der Waals surface area (Å²) in [7, 11) is 0. The maximum Gasteiger partial charge on any atom is 0.255 e. The molecule has 0 saturated carbocycles. The molecule has 1 heterocycles. The number of nitrogens with zero attached hydrogens (tertiary/aromatic N) is 1. The van der Waals surface area contributed by atoms with E-state index in [2.05, 4.69) is 32.9 Å². The number of carbonyl (C=O) groups excluding carboxylic acids is 1. The van der Waals surface area contributed by atoms with Crippen molar-refractivity contribution in [2.24, 2.45) is 0 Å². The van der Waals surface area contributed by atoms with Crippen LogP contribution in [0.1, 0.15) is 10.4 Å².